The molecule has 2 atom stereocenters. The van der Waals surface area contributed by atoms with E-state index in [1.165, 1.54) is 14.0 Å². The van der Waals surface area contributed by atoms with Crippen molar-refractivity contribution in [3.8, 4) is 5.75 Å². The molecule has 1 fully saturated rings. The fourth-order valence-corrected chi connectivity index (χ4v) is 2.92. The number of carboxylic acid groups (broad SMARTS) is 1. The maximum absolute atomic E-state index is 12.2. The van der Waals surface area contributed by atoms with Crippen LogP contribution in [0.1, 0.15) is 42.1 Å². The van der Waals surface area contributed by atoms with Gasteiger partial charge in [0.2, 0.25) is 5.91 Å². The molecule has 23 heavy (non-hydrogen) atoms. The average molecular weight is 319 g/mol. The maximum Gasteiger partial charge on any atom is 0.306 e. The van der Waals surface area contributed by atoms with E-state index in [1.807, 2.05) is 0 Å². The zero-order valence-electron chi connectivity index (χ0n) is 13.3. The first-order chi connectivity index (χ1) is 10.9. The van der Waals surface area contributed by atoms with Gasteiger partial charge in [-0.05, 0) is 44.4 Å². The summed E-state index contributed by atoms with van der Waals surface area (Å²) in [6, 6.07) is 4.90. The molecule has 0 heterocycles. The molecule has 6 nitrogen and oxygen atoms in total. The van der Waals surface area contributed by atoms with Gasteiger partial charge in [0.15, 0.2) is 5.78 Å². The largest absolute Gasteiger partial charge is 0.496 e. The molecule has 0 radical (unpaired) electrons. The van der Waals surface area contributed by atoms with Gasteiger partial charge in [-0.1, -0.05) is 0 Å². The Bertz CT molecular complexity index is 625. The van der Waals surface area contributed by atoms with Crippen LogP contribution in [0.4, 0.5) is 0 Å². The standard InChI is InChI=1S/C17H21NO5/c1-10(19)11-4-6-15(23-2)13(7-11)9-16(20)18-14-5-3-12(8-14)17(21)22/h4,6-7,12,14H,3,5,8-9H2,1-2H3,(H,18,20)(H,21,22)/t12-,14+/m0/s1. The summed E-state index contributed by atoms with van der Waals surface area (Å²) in [6.45, 7) is 1.47. The highest BCUT2D eigenvalue weighted by Gasteiger charge is 2.30. The lowest BCUT2D eigenvalue weighted by molar-refractivity contribution is -0.141. The highest BCUT2D eigenvalue weighted by atomic mass is 16.5. The number of benzene rings is 1. The molecular weight excluding hydrogens is 298 g/mol. The van der Waals surface area contributed by atoms with Crippen LogP contribution >= 0.6 is 0 Å². The number of amides is 1. The van der Waals surface area contributed by atoms with Crippen LogP contribution < -0.4 is 10.1 Å². The van der Waals surface area contributed by atoms with E-state index in [0.717, 1.165) is 0 Å². The Morgan fingerprint density at radius 1 is 1.30 bits per heavy atom. The molecule has 1 aromatic carbocycles. The van der Waals surface area contributed by atoms with Crippen LogP contribution in [0.15, 0.2) is 18.2 Å². The van der Waals surface area contributed by atoms with Gasteiger partial charge in [-0.25, -0.2) is 0 Å². The van der Waals surface area contributed by atoms with E-state index in [-0.39, 0.29) is 30.1 Å². The third-order valence-electron chi connectivity index (χ3n) is 4.18. The van der Waals surface area contributed by atoms with Crippen molar-refractivity contribution in [3.63, 3.8) is 0 Å². The van der Waals surface area contributed by atoms with Crippen LogP contribution in [0.2, 0.25) is 0 Å². The van der Waals surface area contributed by atoms with E-state index >= 15 is 0 Å². The van der Waals surface area contributed by atoms with Crippen molar-refractivity contribution in [2.45, 2.75) is 38.6 Å². The Morgan fingerprint density at radius 3 is 2.61 bits per heavy atom. The second-order valence-corrected chi connectivity index (χ2v) is 5.87. The summed E-state index contributed by atoms with van der Waals surface area (Å²) in [6.07, 6.45) is 1.82. The number of carboxylic acids is 1. The summed E-state index contributed by atoms with van der Waals surface area (Å²) < 4.78 is 5.23. The average Bonchev–Trinajstić information content (AvgIpc) is 2.95. The third kappa shape index (κ3) is 4.31. The second-order valence-electron chi connectivity index (χ2n) is 5.87. The number of ether oxygens (including phenoxy) is 1. The first-order valence-electron chi connectivity index (χ1n) is 7.60. The number of carbonyl (C=O) groups excluding carboxylic acids is 2. The van der Waals surface area contributed by atoms with Gasteiger partial charge in [0.1, 0.15) is 5.75 Å². The minimum Gasteiger partial charge on any atom is -0.496 e. The maximum atomic E-state index is 12.2. The molecule has 0 spiro atoms. The molecule has 124 valence electrons. The van der Waals surface area contributed by atoms with E-state index in [2.05, 4.69) is 5.32 Å². The molecule has 0 bridgehead atoms. The topological polar surface area (TPSA) is 92.7 Å². The fourth-order valence-electron chi connectivity index (χ4n) is 2.92. The molecular formula is C17H21NO5. The number of aliphatic carboxylic acids is 1. The first-order valence-corrected chi connectivity index (χ1v) is 7.60. The summed E-state index contributed by atoms with van der Waals surface area (Å²) in [7, 11) is 1.51. The highest BCUT2D eigenvalue weighted by molar-refractivity contribution is 5.94. The van der Waals surface area contributed by atoms with Crippen molar-refractivity contribution in [2.75, 3.05) is 7.11 Å². The van der Waals surface area contributed by atoms with Crippen LogP contribution in [0, 0.1) is 5.92 Å². The Morgan fingerprint density at radius 2 is 2.04 bits per heavy atom. The summed E-state index contributed by atoms with van der Waals surface area (Å²) in [5.74, 6) is -0.900. The molecule has 1 aliphatic rings. The second kappa shape index (κ2) is 7.26. The van der Waals surface area contributed by atoms with Crippen LogP contribution in [-0.2, 0) is 16.0 Å². The Kier molecular flexibility index (Phi) is 5.36. The van der Waals surface area contributed by atoms with E-state index < -0.39 is 5.97 Å². The Balaban J connectivity index is 2.01. The molecule has 0 unspecified atom stereocenters. The molecule has 1 saturated carbocycles. The predicted octanol–water partition coefficient (Wildman–Crippen LogP) is 1.81. The van der Waals surface area contributed by atoms with Crippen molar-refractivity contribution < 1.29 is 24.2 Å². The lowest BCUT2D eigenvalue weighted by atomic mass is 10.0. The molecule has 1 aromatic rings. The monoisotopic (exact) mass is 319 g/mol. The van der Waals surface area contributed by atoms with Crippen LogP contribution in [-0.4, -0.2) is 35.9 Å². The van der Waals surface area contributed by atoms with Gasteiger partial charge < -0.3 is 15.2 Å². The van der Waals surface area contributed by atoms with E-state index in [9.17, 15) is 14.4 Å². The zero-order valence-corrected chi connectivity index (χ0v) is 13.3. The van der Waals surface area contributed by atoms with Crippen LogP contribution in [0.3, 0.4) is 0 Å². The number of hydrogen-bond acceptors (Lipinski definition) is 4. The molecule has 2 rings (SSSR count). The minimum atomic E-state index is -0.808. The van der Waals surface area contributed by atoms with Crippen molar-refractivity contribution in [2.24, 2.45) is 5.92 Å². The van der Waals surface area contributed by atoms with Gasteiger partial charge in [0.05, 0.1) is 19.4 Å². The number of carbonyl (C=O) groups is 3. The van der Waals surface area contributed by atoms with Gasteiger partial charge >= 0.3 is 5.97 Å². The minimum absolute atomic E-state index is 0.0746. The summed E-state index contributed by atoms with van der Waals surface area (Å²) >= 11 is 0. The van der Waals surface area contributed by atoms with Crippen molar-refractivity contribution >= 4 is 17.7 Å². The van der Waals surface area contributed by atoms with Crippen molar-refractivity contribution in [1.82, 2.24) is 5.32 Å². The normalized spacial score (nSPS) is 20.1. The molecule has 0 saturated heterocycles. The third-order valence-corrected chi connectivity index (χ3v) is 4.18. The van der Waals surface area contributed by atoms with Crippen molar-refractivity contribution in [1.29, 1.82) is 0 Å². The number of Topliss-reactive ketones (excluding diaryl/α,β-unsaturated/α-hetero) is 1. The Labute approximate surface area is 134 Å². The van der Waals surface area contributed by atoms with E-state index in [1.54, 1.807) is 18.2 Å². The lowest BCUT2D eigenvalue weighted by Crippen LogP contribution is -2.34. The quantitative estimate of drug-likeness (QED) is 0.780. The van der Waals surface area contributed by atoms with Crippen LogP contribution in [0.5, 0.6) is 5.75 Å². The van der Waals surface area contributed by atoms with Crippen LogP contribution in [0.25, 0.3) is 0 Å². The molecule has 6 heteroatoms. The first kappa shape index (κ1) is 17.0. The van der Waals surface area contributed by atoms with Crippen molar-refractivity contribution in [3.05, 3.63) is 29.3 Å². The molecule has 2 N–H and O–H groups in total. The number of methoxy groups -OCH3 is 1. The summed E-state index contributed by atoms with van der Waals surface area (Å²) in [4.78, 5) is 34.6. The number of hydrogen-bond donors (Lipinski definition) is 2. The smallest absolute Gasteiger partial charge is 0.306 e. The zero-order chi connectivity index (χ0) is 17.0. The molecule has 0 aromatic heterocycles. The van der Waals surface area contributed by atoms with E-state index in [4.69, 9.17) is 9.84 Å². The summed E-state index contributed by atoms with van der Waals surface area (Å²) in [5.41, 5.74) is 1.17. The molecule has 1 amide bonds. The molecule has 0 aliphatic heterocycles. The summed E-state index contributed by atoms with van der Waals surface area (Å²) in [5, 5.41) is 11.9. The number of nitrogens with one attached hydrogen (secondary N) is 1. The lowest BCUT2D eigenvalue weighted by Gasteiger charge is -2.14. The van der Waals surface area contributed by atoms with Gasteiger partial charge in [-0.15, -0.1) is 0 Å². The number of ketones is 1. The fraction of sp³-hybridized carbons (Fsp3) is 0.471. The molecule has 1 aliphatic carbocycles. The van der Waals surface area contributed by atoms with Gasteiger partial charge in [0, 0.05) is 17.2 Å². The highest BCUT2D eigenvalue weighted by Crippen LogP contribution is 2.26. The predicted molar refractivity (Wildman–Crippen MR) is 83.6 cm³/mol. The van der Waals surface area contributed by atoms with Gasteiger partial charge in [-0.3, -0.25) is 14.4 Å². The Hall–Kier alpha value is -2.37. The SMILES string of the molecule is COc1ccc(C(C)=O)cc1CC(=O)N[C@@H]1CC[C@H](C(=O)O)C1. The van der Waals surface area contributed by atoms with Gasteiger partial charge in [-0.2, -0.15) is 0 Å². The van der Waals surface area contributed by atoms with Gasteiger partial charge in [0.25, 0.3) is 0 Å². The van der Waals surface area contributed by atoms with E-state index in [0.29, 0.717) is 36.1 Å². The number of rotatable bonds is 6.